The number of aromatic amines is 1. The number of likely N-dealkylation sites (tertiary alicyclic amines) is 1. The number of hydrogen-bond donors (Lipinski definition) is 1. The Morgan fingerprint density at radius 2 is 1.77 bits per heavy atom. The van der Waals surface area contributed by atoms with Gasteiger partial charge in [0.25, 0.3) is 5.91 Å². The van der Waals surface area contributed by atoms with Crippen LogP contribution in [0, 0.1) is 0 Å². The number of carbonyl (C=O) groups excluding carboxylic acids is 1. The molecule has 5 rings (SSSR count). The molecule has 2 aromatic carbocycles. The van der Waals surface area contributed by atoms with Crippen LogP contribution in [-0.2, 0) is 26.0 Å². The molecule has 10 heteroatoms. The molecule has 184 valence electrons. The molecule has 2 fully saturated rings. The van der Waals surface area contributed by atoms with Gasteiger partial charge in [-0.2, -0.15) is 4.31 Å². The molecule has 2 saturated heterocycles. The quantitative estimate of drug-likeness (QED) is 0.580. The SMILES string of the molecule is CN(Cc1ccccc1)S(=O)(=O)c1ccc2[nH]cc(C(=O)N3CCC4(CC3)OCCO4)c(=O)c2c1. The number of fused-ring (bicyclic) bond motifs is 1. The van der Waals surface area contributed by atoms with Gasteiger partial charge < -0.3 is 19.4 Å². The van der Waals surface area contributed by atoms with Crippen LogP contribution < -0.4 is 5.43 Å². The minimum absolute atomic E-state index is 0.00558. The largest absolute Gasteiger partial charge is 0.360 e. The summed E-state index contributed by atoms with van der Waals surface area (Å²) in [5, 5.41) is 0.154. The molecule has 2 aliphatic rings. The highest BCUT2D eigenvalue weighted by molar-refractivity contribution is 7.89. The zero-order valence-corrected chi connectivity index (χ0v) is 20.2. The second kappa shape index (κ2) is 9.19. The van der Waals surface area contributed by atoms with Gasteiger partial charge in [0.2, 0.25) is 15.5 Å². The van der Waals surface area contributed by atoms with Crippen molar-refractivity contribution in [3.05, 3.63) is 76.1 Å². The van der Waals surface area contributed by atoms with E-state index >= 15 is 0 Å². The standard InChI is InChI=1S/C25H27N3O6S/c1-27(17-18-5-3-2-4-6-18)35(31,32)19-7-8-22-20(15-19)23(29)21(16-26-22)24(30)28-11-9-25(10-12-28)33-13-14-34-25/h2-8,15-16H,9-14,17H2,1H3,(H,26,29). The second-order valence-electron chi connectivity index (χ2n) is 8.89. The van der Waals surface area contributed by atoms with Crippen LogP contribution in [0.15, 0.2) is 64.4 Å². The third kappa shape index (κ3) is 4.50. The second-order valence-corrected chi connectivity index (χ2v) is 10.9. The Morgan fingerprint density at radius 1 is 1.09 bits per heavy atom. The van der Waals surface area contributed by atoms with E-state index < -0.39 is 27.1 Å². The Hall–Kier alpha value is -3.05. The molecule has 2 aliphatic heterocycles. The molecule has 0 atom stereocenters. The van der Waals surface area contributed by atoms with Crippen molar-refractivity contribution in [2.24, 2.45) is 0 Å². The van der Waals surface area contributed by atoms with E-state index in [4.69, 9.17) is 9.47 Å². The number of ether oxygens (including phenoxy) is 2. The maximum Gasteiger partial charge on any atom is 0.259 e. The van der Waals surface area contributed by atoms with E-state index in [1.165, 1.54) is 29.7 Å². The lowest BCUT2D eigenvalue weighted by Gasteiger charge is -2.37. The van der Waals surface area contributed by atoms with Crippen LogP contribution in [0.25, 0.3) is 10.9 Å². The van der Waals surface area contributed by atoms with Gasteiger partial charge in [-0.25, -0.2) is 8.42 Å². The van der Waals surface area contributed by atoms with Crippen LogP contribution in [0.2, 0.25) is 0 Å². The molecule has 3 aromatic rings. The number of nitrogens with one attached hydrogen (secondary N) is 1. The Morgan fingerprint density at radius 3 is 2.46 bits per heavy atom. The third-order valence-electron chi connectivity index (χ3n) is 6.66. The molecule has 0 saturated carbocycles. The highest BCUT2D eigenvalue weighted by atomic mass is 32.2. The van der Waals surface area contributed by atoms with Gasteiger partial charge in [0.15, 0.2) is 5.79 Å². The van der Waals surface area contributed by atoms with Gasteiger partial charge in [-0.3, -0.25) is 9.59 Å². The summed E-state index contributed by atoms with van der Waals surface area (Å²) in [6.45, 7) is 2.11. The number of piperidine rings is 1. The highest BCUT2D eigenvalue weighted by Gasteiger charge is 2.41. The Balaban J connectivity index is 1.40. The first-order chi connectivity index (χ1) is 16.8. The fourth-order valence-corrected chi connectivity index (χ4v) is 5.81. The first-order valence-electron chi connectivity index (χ1n) is 11.5. The summed E-state index contributed by atoms with van der Waals surface area (Å²) in [6.07, 6.45) is 2.48. The Labute approximate surface area is 203 Å². The third-order valence-corrected chi connectivity index (χ3v) is 8.46. The Bertz CT molecular complexity index is 1400. The van der Waals surface area contributed by atoms with Gasteiger partial charge >= 0.3 is 0 Å². The topological polar surface area (TPSA) is 109 Å². The minimum atomic E-state index is -3.85. The monoisotopic (exact) mass is 497 g/mol. The smallest absolute Gasteiger partial charge is 0.259 e. The number of H-pyrrole nitrogens is 1. The molecule has 0 unspecified atom stereocenters. The number of aromatic nitrogens is 1. The normalized spacial score (nSPS) is 17.9. The van der Waals surface area contributed by atoms with E-state index in [0.717, 1.165) is 5.56 Å². The van der Waals surface area contributed by atoms with E-state index in [1.807, 2.05) is 30.3 Å². The lowest BCUT2D eigenvalue weighted by Crippen LogP contribution is -2.48. The molecule has 1 N–H and O–H groups in total. The molecule has 1 spiro atoms. The van der Waals surface area contributed by atoms with Crippen molar-refractivity contribution in [1.29, 1.82) is 0 Å². The Kier molecular flexibility index (Phi) is 6.22. The predicted octanol–water partition coefficient (Wildman–Crippen LogP) is 2.33. The van der Waals surface area contributed by atoms with Crippen molar-refractivity contribution >= 4 is 26.8 Å². The molecule has 0 radical (unpaired) electrons. The fraction of sp³-hybridized carbons (Fsp3) is 0.360. The zero-order chi connectivity index (χ0) is 24.6. The lowest BCUT2D eigenvalue weighted by molar-refractivity contribution is -0.181. The number of benzene rings is 2. The maximum absolute atomic E-state index is 13.3. The summed E-state index contributed by atoms with van der Waals surface area (Å²) >= 11 is 0. The van der Waals surface area contributed by atoms with Gasteiger partial charge in [-0.1, -0.05) is 30.3 Å². The molecular weight excluding hydrogens is 470 g/mol. The summed E-state index contributed by atoms with van der Waals surface area (Å²) in [5.74, 6) is -1.02. The van der Waals surface area contributed by atoms with E-state index in [-0.39, 0.29) is 22.4 Å². The van der Waals surface area contributed by atoms with Gasteiger partial charge in [0.1, 0.15) is 5.56 Å². The highest BCUT2D eigenvalue weighted by Crippen LogP contribution is 2.31. The van der Waals surface area contributed by atoms with Gasteiger partial charge in [0.05, 0.1) is 18.1 Å². The van der Waals surface area contributed by atoms with Crippen LogP contribution in [0.4, 0.5) is 0 Å². The maximum atomic E-state index is 13.3. The average molecular weight is 498 g/mol. The molecule has 1 aromatic heterocycles. The van der Waals surface area contributed by atoms with Crippen molar-refractivity contribution in [3.63, 3.8) is 0 Å². The summed E-state index contributed by atoms with van der Waals surface area (Å²) in [4.78, 5) is 31.0. The predicted molar refractivity (Wildman–Crippen MR) is 129 cm³/mol. The number of pyridine rings is 1. The fourth-order valence-electron chi connectivity index (χ4n) is 4.63. The van der Waals surface area contributed by atoms with E-state index in [9.17, 15) is 18.0 Å². The summed E-state index contributed by atoms with van der Waals surface area (Å²) in [6, 6.07) is 13.6. The molecular formula is C25H27N3O6S. The minimum Gasteiger partial charge on any atom is -0.360 e. The molecule has 9 nitrogen and oxygen atoms in total. The van der Waals surface area contributed by atoms with Crippen LogP contribution in [0.5, 0.6) is 0 Å². The number of amides is 1. The van der Waals surface area contributed by atoms with Crippen molar-refractivity contribution in [2.45, 2.75) is 30.1 Å². The zero-order valence-electron chi connectivity index (χ0n) is 19.4. The van der Waals surface area contributed by atoms with Crippen molar-refractivity contribution in [2.75, 3.05) is 33.4 Å². The van der Waals surface area contributed by atoms with E-state index in [2.05, 4.69) is 4.98 Å². The summed E-state index contributed by atoms with van der Waals surface area (Å²) in [7, 11) is -2.36. The molecule has 0 aliphatic carbocycles. The van der Waals surface area contributed by atoms with E-state index in [1.54, 1.807) is 11.0 Å². The summed E-state index contributed by atoms with van der Waals surface area (Å²) < 4.78 is 39.0. The average Bonchev–Trinajstić information content (AvgIpc) is 3.32. The van der Waals surface area contributed by atoms with Crippen LogP contribution in [0.1, 0.15) is 28.8 Å². The first kappa shape index (κ1) is 23.7. The van der Waals surface area contributed by atoms with E-state index in [0.29, 0.717) is 44.7 Å². The number of rotatable bonds is 5. The lowest BCUT2D eigenvalue weighted by atomic mass is 10.0. The van der Waals surface area contributed by atoms with Crippen molar-refractivity contribution < 1.29 is 22.7 Å². The molecule has 1 amide bonds. The molecule has 35 heavy (non-hydrogen) atoms. The number of nitrogens with zero attached hydrogens (tertiary/aromatic N) is 2. The van der Waals surface area contributed by atoms with Gasteiger partial charge in [-0.05, 0) is 23.8 Å². The van der Waals surface area contributed by atoms with Crippen LogP contribution >= 0.6 is 0 Å². The van der Waals surface area contributed by atoms with Gasteiger partial charge in [-0.15, -0.1) is 0 Å². The summed E-state index contributed by atoms with van der Waals surface area (Å²) in [5.41, 5.74) is 0.789. The van der Waals surface area contributed by atoms with Gasteiger partial charge in [0, 0.05) is 56.6 Å². The molecule has 3 heterocycles. The van der Waals surface area contributed by atoms with Crippen molar-refractivity contribution in [1.82, 2.24) is 14.2 Å². The molecule has 0 bridgehead atoms. The van der Waals surface area contributed by atoms with Crippen molar-refractivity contribution in [3.8, 4) is 0 Å². The first-order valence-corrected chi connectivity index (χ1v) is 13.0. The van der Waals surface area contributed by atoms with Crippen LogP contribution in [-0.4, -0.2) is 67.7 Å². The number of sulfonamides is 1. The number of carbonyl (C=O) groups is 1. The number of hydrogen-bond acceptors (Lipinski definition) is 6. The van der Waals surface area contributed by atoms with Crippen LogP contribution in [0.3, 0.4) is 0 Å².